The Balaban J connectivity index is 2.06. The van der Waals surface area contributed by atoms with Crippen molar-refractivity contribution in [3.8, 4) is 0 Å². The van der Waals surface area contributed by atoms with Gasteiger partial charge in [-0.3, -0.25) is 24.0 Å². The second-order valence-electron chi connectivity index (χ2n) is 11.8. The number of carbonyl (C=O) groups excluding carboxylic acids is 4. The molecule has 0 aliphatic rings. The monoisotopic (exact) mass is 663 g/mol. The summed E-state index contributed by atoms with van der Waals surface area (Å²) >= 11 is 4.23. The van der Waals surface area contributed by atoms with Crippen molar-refractivity contribution in [3.63, 3.8) is 0 Å². The minimum absolute atomic E-state index is 0.0394. The predicted octanol–water partition coefficient (Wildman–Crippen LogP) is 1.95. The molecule has 0 unspecified atom stereocenters. The number of aromatic nitrogens is 1. The molecule has 0 saturated heterocycles. The molecule has 1 aromatic heterocycles. The van der Waals surface area contributed by atoms with Crippen molar-refractivity contribution in [2.45, 2.75) is 78.0 Å². The Morgan fingerprint density at radius 1 is 0.848 bits per heavy atom. The number of rotatable bonds is 19. The van der Waals surface area contributed by atoms with E-state index in [0.717, 1.165) is 16.5 Å². The topological polar surface area (TPSA) is 205 Å². The van der Waals surface area contributed by atoms with Gasteiger partial charge in [-0.15, -0.1) is 0 Å². The number of nitrogens with one attached hydrogen (secondary N) is 4. The first kappa shape index (κ1) is 37.9. The summed E-state index contributed by atoms with van der Waals surface area (Å²) in [6.07, 6.45) is 0.813. The van der Waals surface area contributed by atoms with Crippen molar-refractivity contribution in [2.24, 2.45) is 11.8 Å². The molecule has 3 atom stereocenters. The first-order chi connectivity index (χ1) is 21.7. The number of hydrogen-bond acceptors (Lipinski definition) is 8. The maximum Gasteiger partial charge on any atom is 0.407 e. The lowest BCUT2D eigenvalue weighted by Crippen LogP contribution is -2.57. The maximum atomic E-state index is 13.3. The fourth-order valence-electron chi connectivity index (χ4n) is 4.65. The van der Waals surface area contributed by atoms with Crippen LogP contribution in [0.5, 0.6) is 0 Å². The Kier molecular flexibility index (Phi) is 15.4. The fourth-order valence-corrected chi connectivity index (χ4v) is 4.90. The Bertz CT molecular complexity index is 1380. The SMILES string of the molecule is CC(C)COC(=O)N[C@@H](CCC(=O)O)C(=O)N[C@@H](CC(C)C)C(=O)N[C@@H](CS)C(=O)NCCc1cn(CC(=O)O)c2ccccc12. The zero-order chi connectivity index (χ0) is 34.4. The van der Waals surface area contributed by atoms with Crippen LogP contribution in [-0.4, -0.2) is 87.6 Å². The van der Waals surface area contributed by atoms with Crippen LogP contribution in [0, 0.1) is 11.8 Å². The van der Waals surface area contributed by atoms with Gasteiger partial charge in [0.25, 0.3) is 0 Å². The van der Waals surface area contributed by atoms with Gasteiger partial charge in [0, 0.05) is 35.8 Å². The number of carboxylic acid groups (broad SMARTS) is 2. The first-order valence-corrected chi connectivity index (χ1v) is 15.8. The van der Waals surface area contributed by atoms with Gasteiger partial charge in [-0.25, -0.2) is 4.79 Å². The van der Waals surface area contributed by atoms with Crippen molar-refractivity contribution in [2.75, 3.05) is 18.9 Å². The molecule has 2 rings (SSSR count). The minimum atomic E-state index is -1.27. The summed E-state index contributed by atoms with van der Waals surface area (Å²) in [6.45, 7) is 7.44. The van der Waals surface area contributed by atoms with E-state index in [0.29, 0.717) is 6.42 Å². The molecular weight excluding hydrogens is 618 g/mol. The highest BCUT2D eigenvalue weighted by Gasteiger charge is 2.30. The van der Waals surface area contributed by atoms with Gasteiger partial charge >= 0.3 is 18.0 Å². The molecule has 0 aliphatic carbocycles. The number of ether oxygens (including phenoxy) is 1. The third kappa shape index (κ3) is 12.6. The number of aliphatic carboxylic acids is 2. The van der Waals surface area contributed by atoms with Gasteiger partial charge in [-0.1, -0.05) is 45.9 Å². The molecule has 0 saturated carbocycles. The number of benzene rings is 1. The third-order valence-electron chi connectivity index (χ3n) is 6.83. The van der Waals surface area contributed by atoms with Gasteiger partial charge in [0.15, 0.2) is 0 Å². The van der Waals surface area contributed by atoms with Crippen molar-refractivity contribution < 1.29 is 43.7 Å². The number of carboxylic acids is 2. The number of hydrogen-bond donors (Lipinski definition) is 7. The Morgan fingerprint density at radius 2 is 1.50 bits per heavy atom. The normalized spacial score (nSPS) is 13.1. The van der Waals surface area contributed by atoms with E-state index in [-0.39, 0.29) is 50.1 Å². The molecule has 4 amide bonds. The van der Waals surface area contributed by atoms with Crippen molar-refractivity contribution >= 4 is 59.3 Å². The molecule has 46 heavy (non-hydrogen) atoms. The average molecular weight is 664 g/mol. The second-order valence-corrected chi connectivity index (χ2v) is 12.2. The molecule has 0 radical (unpaired) electrons. The van der Waals surface area contributed by atoms with E-state index in [1.165, 1.54) is 0 Å². The highest BCUT2D eigenvalue weighted by molar-refractivity contribution is 7.80. The molecule has 1 aromatic carbocycles. The zero-order valence-electron chi connectivity index (χ0n) is 26.6. The summed E-state index contributed by atoms with van der Waals surface area (Å²) in [5.41, 5.74) is 1.61. The standard InChI is InChI=1S/C31H45N5O9S/c1-18(2)13-23(33-29(42)22(9-10-26(37)38)35-31(44)45-16-19(3)4)30(43)34-24(17-46)28(41)32-12-11-20-14-36(15-27(39)40)25-8-6-5-7-21(20)25/h5-8,14,18-19,22-24,46H,9-13,15-17H2,1-4H3,(H,32,41)(H,33,42)(H,34,43)(H,35,44)(H,37,38)(H,39,40)/t22-,23-,24-/m0/s1. The molecule has 0 bridgehead atoms. The van der Waals surface area contributed by atoms with Gasteiger partial charge in [0.2, 0.25) is 17.7 Å². The molecule has 15 heteroatoms. The van der Waals surface area contributed by atoms with Crippen LogP contribution in [0.1, 0.15) is 52.5 Å². The number of para-hydroxylation sites is 1. The van der Waals surface area contributed by atoms with Gasteiger partial charge < -0.3 is 40.8 Å². The summed E-state index contributed by atoms with van der Waals surface area (Å²) in [5.74, 6) is -4.10. The van der Waals surface area contributed by atoms with Crippen LogP contribution >= 0.6 is 12.6 Å². The second kappa shape index (κ2) is 18.6. The molecule has 254 valence electrons. The lowest BCUT2D eigenvalue weighted by Gasteiger charge is -2.25. The number of carbonyl (C=O) groups is 6. The number of amides is 4. The van der Waals surface area contributed by atoms with E-state index in [2.05, 4.69) is 33.9 Å². The number of fused-ring (bicyclic) bond motifs is 1. The van der Waals surface area contributed by atoms with Crippen LogP contribution in [0.4, 0.5) is 4.79 Å². The van der Waals surface area contributed by atoms with E-state index in [1.54, 1.807) is 10.8 Å². The summed E-state index contributed by atoms with van der Waals surface area (Å²) in [5, 5.41) is 29.6. The smallest absolute Gasteiger partial charge is 0.407 e. The van der Waals surface area contributed by atoms with Crippen LogP contribution in [0.3, 0.4) is 0 Å². The lowest BCUT2D eigenvalue weighted by molar-refractivity contribution is -0.138. The maximum absolute atomic E-state index is 13.3. The summed E-state index contributed by atoms with van der Waals surface area (Å²) in [4.78, 5) is 74.2. The van der Waals surface area contributed by atoms with Crippen LogP contribution in [0.15, 0.2) is 30.5 Å². The zero-order valence-corrected chi connectivity index (χ0v) is 27.5. The quantitative estimate of drug-likeness (QED) is 0.110. The van der Waals surface area contributed by atoms with E-state index in [9.17, 15) is 33.9 Å². The molecular formula is C31H45N5O9S. The van der Waals surface area contributed by atoms with Crippen molar-refractivity contribution in [1.29, 1.82) is 0 Å². The summed E-state index contributed by atoms with van der Waals surface area (Å²) < 4.78 is 6.69. The van der Waals surface area contributed by atoms with Crippen LogP contribution in [-0.2, 0) is 41.7 Å². The molecule has 0 spiro atoms. The van der Waals surface area contributed by atoms with Gasteiger partial charge in [0.05, 0.1) is 6.61 Å². The number of alkyl carbamates (subject to hydrolysis) is 1. The Morgan fingerprint density at radius 3 is 2.11 bits per heavy atom. The lowest BCUT2D eigenvalue weighted by atomic mass is 10.0. The highest BCUT2D eigenvalue weighted by atomic mass is 32.1. The molecule has 1 heterocycles. The summed E-state index contributed by atoms with van der Waals surface area (Å²) in [7, 11) is 0. The predicted molar refractivity (Wildman–Crippen MR) is 173 cm³/mol. The van der Waals surface area contributed by atoms with Crippen LogP contribution in [0.25, 0.3) is 10.9 Å². The first-order valence-electron chi connectivity index (χ1n) is 15.1. The molecule has 14 nitrogen and oxygen atoms in total. The Hall–Kier alpha value is -4.27. The molecule has 6 N–H and O–H groups in total. The van der Waals surface area contributed by atoms with Crippen molar-refractivity contribution in [3.05, 3.63) is 36.0 Å². The van der Waals surface area contributed by atoms with Gasteiger partial charge in [0.1, 0.15) is 24.7 Å². The van der Waals surface area contributed by atoms with Gasteiger partial charge in [-0.2, -0.15) is 12.6 Å². The van der Waals surface area contributed by atoms with E-state index in [1.807, 2.05) is 52.0 Å². The minimum Gasteiger partial charge on any atom is -0.481 e. The highest BCUT2D eigenvalue weighted by Crippen LogP contribution is 2.21. The summed E-state index contributed by atoms with van der Waals surface area (Å²) in [6, 6.07) is 3.95. The van der Waals surface area contributed by atoms with Gasteiger partial charge in [-0.05, 0) is 42.7 Å². The largest absolute Gasteiger partial charge is 0.481 e. The Labute approximate surface area is 273 Å². The third-order valence-corrected chi connectivity index (χ3v) is 7.19. The van der Waals surface area contributed by atoms with E-state index >= 15 is 0 Å². The molecule has 0 aliphatic heterocycles. The fraction of sp³-hybridized carbons (Fsp3) is 0.548. The van der Waals surface area contributed by atoms with E-state index in [4.69, 9.17) is 9.84 Å². The number of nitrogens with zero attached hydrogens (tertiary/aromatic N) is 1. The van der Waals surface area contributed by atoms with Crippen LogP contribution in [0.2, 0.25) is 0 Å². The molecule has 0 fully saturated rings. The number of thiol groups is 1. The van der Waals surface area contributed by atoms with E-state index < -0.39 is 60.3 Å². The molecule has 2 aromatic rings. The average Bonchev–Trinajstić information content (AvgIpc) is 3.32. The van der Waals surface area contributed by atoms with Crippen molar-refractivity contribution in [1.82, 2.24) is 25.8 Å². The van der Waals surface area contributed by atoms with Crippen LogP contribution < -0.4 is 21.3 Å².